The number of hydrogen-bond acceptors (Lipinski definition) is 3. The average molecular weight is 505 g/mol. The first-order valence-corrected chi connectivity index (χ1v) is 8.50. The van der Waals surface area contributed by atoms with Crippen LogP contribution in [0.1, 0.15) is 22.6 Å². The summed E-state index contributed by atoms with van der Waals surface area (Å²) in [6, 6.07) is 0. The van der Waals surface area contributed by atoms with Crippen LogP contribution >= 0.6 is 0 Å². The minimum Gasteiger partial charge on any atom is -0.394 e. The predicted octanol–water partition coefficient (Wildman–Crippen LogP) is 5.28. The number of nitrogen functional groups attached to an aromatic ring is 3. The van der Waals surface area contributed by atoms with Crippen LogP contribution in [0.3, 0.4) is 0 Å². The van der Waals surface area contributed by atoms with Gasteiger partial charge < -0.3 is 17.2 Å². The van der Waals surface area contributed by atoms with Crippen molar-refractivity contribution < 1.29 is 52.7 Å². The summed E-state index contributed by atoms with van der Waals surface area (Å²) in [5, 5.41) is 0. The van der Waals surface area contributed by atoms with E-state index >= 15 is 0 Å². The monoisotopic (exact) mass is 505 g/mol. The second-order valence-corrected chi connectivity index (χ2v) is 6.68. The number of anilines is 3. The van der Waals surface area contributed by atoms with Crippen molar-refractivity contribution >= 4 is 17.1 Å². The Hall–Kier alpha value is -3.78. The molecule has 6 N–H and O–H groups in total. The lowest BCUT2D eigenvalue weighted by molar-refractivity contribution is 0.406. The topological polar surface area (TPSA) is 78.1 Å². The molecule has 3 nitrogen and oxygen atoms in total. The van der Waals surface area contributed by atoms with Crippen molar-refractivity contribution in [2.75, 3.05) is 17.2 Å². The minimum atomic E-state index is -3.63. The van der Waals surface area contributed by atoms with Crippen molar-refractivity contribution in [2.24, 2.45) is 0 Å². The van der Waals surface area contributed by atoms with E-state index in [2.05, 4.69) is 0 Å². The summed E-state index contributed by atoms with van der Waals surface area (Å²) in [5.74, 6) is -34.5. The van der Waals surface area contributed by atoms with Crippen LogP contribution in [0.2, 0.25) is 0 Å². The van der Waals surface area contributed by atoms with E-state index in [0.717, 1.165) is 0 Å². The van der Waals surface area contributed by atoms with Gasteiger partial charge in [0.25, 0.3) is 0 Å². The number of benzene rings is 3. The SMILES string of the molecule is Nc1c(F)c(F)c(C(c2c(F)c(F)c(N)c(F)c2F)c2c(F)c(F)c(N)c(F)c2F)c(F)c1F. The molecule has 0 heterocycles. The highest BCUT2D eigenvalue weighted by Crippen LogP contribution is 2.45. The summed E-state index contributed by atoms with van der Waals surface area (Å²) >= 11 is 0. The Bertz CT molecular complexity index is 1120. The van der Waals surface area contributed by atoms with Crippen LogP contribution in [-0.2, 0) is 0 Å². The highest BCUT2D eigenvalue weighted by Gasteiger charge is 2.41. The third-order valence-corrected chi connectivity index (χ3v) is 4.86. The van der Waals surface area contributed by atoms with Gasteiger partial charge in [-0.1, -0.05) is 0 Å². The molecule has 0 aliphatic rings. The second kappa shape index (κ2) is 8.22. The van der Waals surface area contributed by atoms with E-state index in [9.17, 15) is 52.7 Å². The van der Waals surface area contributed by atoms with E-state index in [-0.39, 0.29) is 0 Å². The van der Waals surface area contributed by atoms with E-state index in [1.807, 2.05) is 0 Å². The van der Waals surface area contributed by atoms with Gasteiger partial charge >= 0.3 is 0 Å². The van der Waals surface area contributed by atoms with E-state index in [1.165, 1.54) is 0 Å². The van der Waals surface area contributed by atoms with E-state index in [0.29, 0.717) is 0 Å². The zero-order chi connectivity index (χ0) is 26.0. The van der Waals surface area contributed by atoms with Crippen LogP contribution in [0.25, 0.3) is 0 Å². The molecule has 15 heteroatoms. The van der Waals surface area contributed by atoms with Crippen molar-refractivity contribution in [2.45, 2.75) is 5.92 Å². The molecule has 0 unspecified atom stereocenters. The number of rotatable bonds is 3. The quantitative estimate of drug-likeness (QED) is 0.196. The minimum absolute atomic E-state index is 1.86. The highest BCUT2D eigenvalue weighted by molar-refractivity contribution is 5.57. The molecule has 3 rings (SSSR count). The molecule has 0 radical (unpaired) electrons. The number of halogens is 12. The normalized spacial score (nSPS) is 11.6. The van der Waals surface area contributed by atoms with Gasteiger partial charge in [0.2, 0.25) is 0 Å². The molecule has 0 fully saturated rings. The molecule has 182 valence electrons. The summed E-state index contributed by atoms with van der Waals surface area (Å²) in [6.07, 6.45) is 0. The smallest absolute Gasteiger partial charge is 0.185 e. The van der Waals surface area contributed by atoms with Crippen LogP contribution in [0.15, 0.2) is 0 Å². The fourth-order valence-electron chi connectivity index (χ4n) is 3.19. The Kier molecular flexibility index (Phi) is 6.01. The molecule has 0 saturated heterocycles. The molecule has 0 spiro atoms. The van der Waals surface area contributed by atoms with Crippen LogP contribution in [0.5, 0.6) is 0 Å². The lowest BCUT2D eigenvalue weighted by Gasteiger charge is -2.24. The Morgan fingerprint density at radius 3 is 0.588 bits per heavy atom. The van der Waals surface area contributed by atoms with E-state index < -0.39 is 109 Å². The molecule has 0 aromatic heterocycles. The summed E-state index contributed by atoms with van der Waals surface area (Å²) in [6.45, 7) is 0. The molecular weight excluding hydrogens is 498 g/mol. The standard InChI is InChI=1S/C19H7F12N3/c20-5-2(6(21)12(27)17(32)11(5)26)1(3-7(22)13(28)18(33)14(29)8(3)23)4-9(24)15(30)19(34)16(31)10(4)25/h1H,32-34H2. The van der Waals surface area contributed by atoms with E-state index in [1.54, 1.807) is 0 Å². The Balaban J connectivity index is 2.68. The predicted molar refractivity (Wildman–Crippen MR) is 93.0 cm³/mol. The zero-order valence-electron chi connectivity index (χ0n) is 15.8. The maximum absolute atomic E-state index is 14.6. The first-order valence-electron chi connectivity index (χ1n) is 8.50. The first kappa shape index (κ1) is 24.9. The van der Waals surface area contributed by atoms with Gasteiger partial charge in [-0.2, -0.15) is 0 Å². The Labute approximate surface area is 180 Å². The molecule has 0 aliphatic carbocycles. The fourth-order valence-corrected chi connectivity index (χ4v) is 3.19. The maximum atomic E-state index is 14.6. The van der Waals surface area contributed by atoms with Gasteiger partial charge in [-0.15, -0.1) is 0 Å². The highest BCUT2D eigenvalue weighted by atomic mass is 19.2. The van der Waals surface area contributed by atoms with Crippen LogP contribution < -0.4 is 17.2 Å². The van der Waals surface area contributed by atoms with Gasteiger partial charge in [0.05, 0.1) is 5.92 Å². The lowest BCUT2D eigenvalue weighted by Crippen LogP contribution is -2.22. The third-order valence-electron chi connectivity index (χ3n) is 4.86. The number of nitrogens with two attached hydrogens (primary N) is 3. The average Bonchev–Trinajstić information content (AvgIpc) is 2.81. The maximum Gasteiger partial charge on any atom is 0.185 e. The van der Waals surface area contributed by atoms with Crippen LogP contribution in [0, 0.1) is 69.8 Å². The second-order valence-electron chi connectivity index (χ2n) is 6.68. The van der Waals surface area contributed by atoms with Gasteiger partial charge in [-0.3, -0.25) is 0 Å². The van der Waals surface area contributed by atoms with Crippen molar-refractivity contribution in [1.82, 2.24) is 0 Å². The van der Waals surface area contributed by atoms with Crippen molar-refractivity contribution in [3.05, 3.63) is 86.5 Å². The largest absolute Gasteiger partial charge is 0.394 e. The molecule has 0 bridgehead atoms. The summed E-state index contributed by atoms with van der Waals surface area (Å²) in [7, 11) is 0. The first-order chi connectivity index (χ1) is 15.7. The third kappa shape index (κ3) is 3.25. The molecule has 0 atom stereocenters. The molecule has 0 aliphatic heterocycles. The van der Waals surface area contributed by atoms with Crippen LogP contribution in [0.4, 0.5) is 69.7 Å². The molecule has 34 heavy (non-hydrogen) atoms. The van der Waals surface area contributed by atoms with Gasteiger partial charge in [-0.05, 0) is 0 Å². The van der Waals surface area contributed by atoms with E-state index in [4.69, 9.17) is 17.2 Å². The molecule has 0 saturated carbocycles. The fraction of sp³-hybridized carbons (Fsp3) is 0.0526. The van der Waals surface area contributed by atoms with Crippen molar-refractivity contribution in [3.63, 3.8) is 0 Å². The van der Waals surface area contributed by atoms with Gasteiger partial charge in [0, 0.05) is 16.7 Å². The van der Waals surface area contributed by atoms with Gasteiger partial charge in [0.1, 0.15) is 17.1 Å². The van der Waals surface area contributed by atoms with Crippen molar-refractivity contribution in [3.8, 4) is 0 Å². The molecular formula is C19H7F12N3. The molecule has 0 amide bonds. The Morgan fingerprint density at radius 1 is 0.294 bits per heavy atom. The lowest BCUT2D eigenvalue weighted by atomic mass is 9.82. The molecule has 3 aromatic rings. The van der Waals surface area contributed by atoms with Gasteiger partial charge in [-0.25, -0.2) is 52.7 Å². The molecule has 3 aromatic carbocycles. The van der Waals surface area contributed by atoms with Crippen LogP contribution in [-0.4, -0.2) is 0 Å². The summed E-state index contributed by atoms with van der Waals surface area (Å²) in [5.41, 5.74) is 1.72. The Morgan fingerprint density at radius 2 is 0.441 bits per heavy atom. The van der Waals surface area contributed by atoms with Crippen molar-refractivity contribution in [1.29, 1.82) is 0 Å². The van der Waals surface area contributed by atoms with Gasteiger partial charge in [0.15, 0.2) is 69.8 Å². The number of hydrogen-bond donors (Lipinski definition) is 3. The zero-order valence-corrected chi connectivity index (χ0v) is 15.8. The summed E-state index contributed by atoms with van der Waals surface area (Å²) < 4.78 is 172. The summed E-state index contributed by atoms with van der Waals surface area (Å²) in [4.78, 5) is 0.